The van der Waals surface area contributed by atoms with Gasteiger partial charge in [0.1, 0.15) is 0 Å². The van der Waals surface area contributed by atoms with Crippen molar-refractivity contribution in [3.8, 4) is 0 Å². The fourth-order valence-corrected chi connectivity index (χ4v) is 2.78. The van der Waals surface area contributed by atoms with Crippen molar-refractivity contribution in [1.82, 2.24) is 20.0 Å². The van der Waals surface area contributed by atoms with E-state index in [1.54, 1.807) is 0 Å². The molecule has 5 nitrogen and oxygen atoms in total. The van der Waals surface area contributed by atoms with Gasteiger partial charge in [-0.1, -0.05) is 18.2 Å². The Bertz CT molecular complexity index is 634. The van der Waals surface area contributed by atoms with E-state index in [0.29, 0.717) is 6.54 Å². The Morgan fingerprint density at radius 1 is 1.40 bits per heavy atom. The predicted octanol–water partition coefficient (Wildman–Crippen LogP) is 1.38. The largest absolute Gasteiger partial charge is 0.334 e. The second kappa shape index (κ2) is 5.25. The molecule has 3 rings (SSSR count). The SMILES string of the molecule is CCn1nc(CN2CCNC(C)C2=O)c2ccccc21. The summed E-state index contributed by atoms with van der Waals surface area (Å²) in [7, 11) is 0. The third-order valence-corrected chi connectivity index (χ3v) is 3.89. The number of hydrogen-bond acceptors (Lipinski definition) is 3. The summed E-state index contributed by atoms with van der Waals surface area (Å²) in [6.07, 6.45) is 0. The number of aromatic nitrogens is 2. The molecule has 0 saturated carbocycles. The number of amides is 1. The zero-order valence-corrected chi connectivity index (χ0v) is 12.0. The van der Waals surface area contributed by atoms with Gasteiger partial charge in [0.05, 0.1) is 23.8 Å². The Balaban J connectivity index is 1.93. The van der Waals surface area contributed by atoms with Crippen LogP contribution < -0.4 is 5.32 Å². The minimum Gasteiger partial charge on any atom is -0.334 e. The standard InChI is InChI=1S/C15H20N4O/c1-3-19-14-7-5-4-6-12(14)13(17-19)10-18-9-8-16-11(2)15(18)20/h4-7,11,16H,3,8-10H2,1-2H3. The van der Waals surface area contributed by atoms with Crippen LogP contribution >= 0.6 is 0 Å². The number of hydrogen-bond donors (Lipinski definition) is 1. The van der Waals surface area contributed by atoms with Gasteiger partial charge in [0.15, 0.2) is 0 Å². The molecule has 1 aromatic heterocycles. The van der Waals surface area contributed by atoms with E-state index in [1.807, 2.05) is 28.6 Å². The lowest BCUT2D eigenvalue weighted by molar-refractivity contribution is -0.135. The first kappa shape index (κ1) is 13.1. The van der Waals surface area contributed by atoms with E-state index in [9.17, 15) is 4.79 Å². The van der Waals surface area contributed by atoms with Crippen LogP contribution in [0.15, 0.2) is 24.3 Å². The van der Waals surface area contributed by atoms with Crippen molar-refractivity contribution in [2.45, 2.75) is 33.0 Å². The van der Waals surface area contributed by atoms with E-state index >= 15 is 0 Å². The summed E-state index contributed by atoms with van der Waals surface area (Å²) in [5.41, 5.74) is 2.13. The van der Waals surface area contributed by atoms with E-state index < -0.39 is 0 Å². The van der Waals surface area contributed by atoms with Crippen LogP contribution in [0.5, 0.6) is 0 Å². The topological polar surface area (TPSA) is 50.2 Å². The molecule has 106 valence electrons. The molecule has 1 aliphatic rings. The molecule has 20 heavy (non-hydrogen) atoms. The molecule has 0 aliphatic carbocycles. The average molecular weight is 272 g/mol. The van der Waals surface area contributed by atoms with Crippen LogP contribution in [-0.4, -0.2) is 39.7 Å². The molecule has 2 aromatic rings. The summed E-state index contributed by atoms with van der Waals surface area (Å²) in [6.45, 7) is 7.03. The number of carbonyl (C=O) groups excluding carboxylic acids is 1. The van der Waals surface area contributed by atoms with E-state index in [0.717, 1.165) is 36.2 Å². The zero-order chi connectivity index (χ0) is 14.1. The number of nitrogens with one attached hydrogen (secondary N) is 1. The fraction of sp³-hybridized carbons (Fsp3) is 0.467. The molecule has 1 atom stereocenters. The van der Waals surface area contributed by atoms with E-state index in [1.165, 1.54) is 0 Å². The maximum absolute atomic E-state index is 12.2. The van der Waals surface area contributed by atoms with Crippen molar-refractivity contribution in [1.29, 1.82) is 0 Å². The van der Waals surface area contributed by atoms with Crippen molar-refractivity contribution in [3.63, 3.8) is 0 Å². The second-order valence-electron chi connectivity index (χ2n) is 5.22. The number of rotatable bonds is 3. The molecule has 1 N–H and O–H groups in total. The summed E-state index contributed by atoms with van der Waals surface area (Å²) >= 11 is 0. The number of benzene rings is 1. The molecule has 1 amide bonds. The third-order valence-electron chi connectivity index (χ3n) is 3.89. The minimum absolute atomic E-state index is 0.0942. The van der Waals surface area contributed by atoms with Crippen LogP contribution in [0.25, 0.3) is 10.9 Å². The van der Waals surface area contributed by atoms with Crippen molar-refractivity contribution in [3.05, 3.63) is 30.0 Å². The van der Waals surface area contributed by atoms with Crippen LogP contribution in [-0.2, 0) is 17.9 Å². The molecular weight excluding hydrogens is 252 g/mol. The van der Waals surface area contributed by atoms with Gasteiger partial charge >= 0.3 is 0 Å². The van der Waals surface area contributed by atoms with Crippen molar-refractivity contribution in [2.24, 2.45) is 0 Å². The zero-order valence-electron chi connectivity index (χ0n) is 12.0. The van der Waals surface area contributed by atoms with Gasteiger partial charge in [0.25, 0.3) is 0 Å². The lowest BCUT2D eigenvalue weighted by atomic mass is 10.1. The molecule has 1 fully saturated rings. The number of para-hydroxylation sites is 1. The smallest absolute Gasteiger partial charge is 0.239 e. The monoisotopic (exact) mass is 272 g/mol. The van der Waals surface area contributed by atoms with Crippen molar-refractivity contribution >= 4 is 16.8 Å². The molecule has 0 radical (unpaired) electrons. The number of fused-ring (bicyclic) bond motifs is 1. The molecule has 1 saturated heterocycles. The maximum atomic E-state index is 12.2. The number of piperazine rings is 1. The van der Waals surface area contributed by atoms with Crippen LogP contribution in [0, 0.1) is 0 Å². The highest BCUT2D eigenvalue weighted by molar-refractivity contribution is 5.84. The maximum Gasteiger partial charge on any atom is 0.239 e. The van der Waals surface area contributed by atoms with E-state index in [2.05, 4.69) is 29.5 Å². The highest BCUT2D eigenvalue weighted by Gasteiger charge is 2.25. The van der Waals surface area contributed by atoms with Crippen LogP contribution in [0.3, 0.4) is 0 Å². The minimum atomic E-state index is -0.0942. The highest BCUT2D eigenvalue weighted by atomic mass is 16.2. The summed E-state index contributed by atoms with van der Waals surface area (Å²) in [4.78, 5) is 14.1. The molecule has 1 aromatic carbocycles. The predicted molar refractivity (Wildman–Crippen MR) is 78.3 cm³/mol. The van der Waals surface area contributed by atoms with Crippen LogP contribution in [0.1, 0.15) is 19.5 Å². The van der Waals surface area contributed by atoms with Crippen molar-refractivity contribution < 1.29 is 4.79 Å². The Morgan fingerprint density at radius 2 is 2.20 bits per heavy atom. The number of nitrogens with zero attached hydrogens (tertiary/aromatic N) is 3. The lowest BCUT2D eigenvalue weighted by Gasteiger charge is -2.31. The summed E-state index contributed by atoms with van der Waals surface area (Å²) in [6, 6.07) is 8.12. The third kappa shape index (κ3) is 2.18. The molecule has 0 bridgehead atoms. The van der Waals surface area contributed by atoms with Crippen LogP contribution in [0.4, 0.5) is 0 Å². The molecule has 5 heteroatoms. The number of carbonyl (C=O) groups is 1. The normalized spacial score (nSPS) is 19.8. The lowest BCUT2D eigenvalue weighted by Crippen LogP contribution is -2.53. The fourth-order valence-electron chi connectivity index (χ4n) is 2.78. The summed E-state index contributed by atoms with van der Waals surface area (Å²) in [5, 5.41) is 8.99. The Labute approximate surface area is 118 Å². The molecule has 1 aliphatic heterocycles. The van der Waals surface area contributed by atoms with Gasteiger partial charge in [-0.25, -0.2) is 0 Å². The van der Waals surface area contributed by atoms with Gasteiger partial charge in [-0.2, -0.15) is 5.10 Å². The average Bonchev–Trinajstić information content (AvgIpc) is 2.82. The number of aryl methyl sites for hydroxylation is 1. The van der Waals surface area contributed by atoms with Gasteiger partial charge in [-0.05, 0) is 19.9 Å². The van der Waals surface area contributed by atoms with Gasteiger partial charge in [0, 0.05) is 25.0 Å². The summed E-state index contributed by atoms with van der Waals surface area (Å²) < 4.78 is 2.00. The van der Waals surface area contributed by atoms with E-state index in [4.69, 9.17) is 0 Å². The molecule has 2 heterocycles. The van der Waals surface area contributed by atoms with E-state index in [-0.39, 0.29) is 11.9 Å². The quantitative estimate of drug-likeness (QED) is 0.918. The first-order valence-corrected chi connectivity index (χ1v) is 7.17. The highest BCUT2D eigenvalue weighted by Crippen LogP contribution is 2.20. The van der Waals surface area contributed by atoms with Crippen molar-refractivity contribution in [2.75, 3.05) is 13.1 Å². The van der Waals surface area contributed by atoms with Gasteiger partial charge in [-0.15, -0.1) is 0 Å². The summed E-state index contributed by atoms with van der Waals surface area (Å²) in [5.74, 6) is 0.159. The molecule has 0 spiro atoms. The second-order valence-corrected chi connectivity index (χ2v) is 5.22. The van der Waals surface area contributed by atoms with Gasteiger partial charge in [0.2, 0.25) is 5.91 Å². The Morgan fingerprint density at radius 3 is 3.00 bits per heavy atom. The van der Waals surface area contributed by atoms with Gasteiger partial charge < -0.3 is 10.2 Å². The van der Waals surface area contributed by atoms with Gasteiger partial charge in [-0.3, -0.25) is 9.48 Å². The first-order chi connectivity index (χ1) is 9.70. The molecule has 1 unspecified atom stereocenters. The Hall–Kier alpha value is -1.88. The first-order valence-electron chi connectivity index (χ1n) is 7.17. The van der Waals surface area contributed by atoms with Crippen LogP contribution in [0.2, 0.25) is 0 Å². The molecular formula is C15H20N4O. The Kier molecular flexibility index (Phi) is 3.44.